The minimum Gasteiger partial charge on any atom is -0.469 e. The highest BCUT2D eigenvalue weighted by Crippen LogP contribution is 2.25. The molecule has 0 N–H and O–H groups in total. The van der Waals surface area contributed by atoms with E-state index in [-0.39, 0.29) is 11.4 Å². The van der Waals surface area contributed by atoms with E-state index in [9.17, 15) is 4.79 Å². The molecule has 0 unspecified atom stereocenters. The fourth-order valence-electron chi connectivity index (χ4n) is 2.75. The Balaban J connectivity index is 1.85. The number of benzene rings is 1. The average Bonchev–Trinajstić information content (AvgIpc) is 2.52. The van der Waals surface area contributed by atoms with Crippen LogP contribution in [0.15, 0.2) is 24.3 Å². The van der Waals surface area contributed by atoms with Crippen molar-refractivity contribution in [2.75, 3.05) is 44.7 Å². The summed E-state index contributed by atoms with van der Waals surface area (Å²) in [6.45, 7) is 11.5. The number of hydrogen-bond acceptors (Lipinski definition) is 4. The molecule has 4 nitrogen and oxygen atoms in total. The zero-order chi connectivity index (χ0) is 16.2. The highest BCUT2D eigenvalue weighted by atomic mass is 16.5. The normalized spacial score (nSPS) is 16.6. The van der Waals surface area contributed by atoms with E-state index < -0.39 is 0 Å². The number of esters is 1. The van der Waals surface area contributed by atoms with E-state index in [0.717, 1.165) is 32.7 Å². The molecule has 1 aromatic rings. The number of rotatable bonds is 4. The van der Waals surface area contributed by atoms with Crippen molar-refractivity contribution in [3.63, 3.8) is 0 Å². The molecule has 0 spiro atoms. The van der Waals surface area contributed by atoms with Crippen LogP contribution in [-0.2, 0) is 14.9 Å². The van der Waals surface area contributed by atoms with Crippen molar-refractivity contribution in [3.05, 3.63) is 29.8 Å². The van der Waals surface area contributed by atoms with Gasteiger partial charge in [0.2, 0.25) is 0 Å². The zero-order valence-electron chi connectivity index (χ0n) is 14.3. The summed E-state index contributed by atoms with van der Waals surface area (Å²) in [7, 11) is 1.45. The smallest absolute Gasteiger partial charge is 0.306 e. The maximum absolute atomic E-state index is 11.2. The quantitative estimate of drug-likeness (QED) is 0.801. The van der Waals surface area contributed by atoms with Gasteiger partial charge in [0.25, 0.3) is 0 Å². The number of carbonyl (C=O) groups excluding carboxylic acids is 1. The number of anilines is 1. The molecule has 0 aromatic heterocycles. The minimum atomic E-state index is -0.125. The van der Waals surface area contributed by atoms with Crippen molar-refractivity contribution in [1.82, 2.24) is 4.90 Å². The second kappa shape index (κ2) is 7.14. The molecule has 0 amide bonds. The molecule has 1 aliphatic rings. The first-order valence-electron chi connectivity index (χ1n) is 8.05. The van der Waals surface area contributed by atoms with Gasteiger partial charge in [-0.15, -0.1) is 0 Å². The number of ether oxygens (including phenoxy) is 1. The van der Waals surface area contributed by atoms with Gasteiger partial charge in [0.05, 0.1) is 13.5 Å². The average molecular weight is 304 g/mol. The molecule has 0 saturated carbocycles. The third-order valence-corrected chi connectivity index (χ3v) is 4.33. The monoisotopic (exact) mass is 304 g/mol. The number of nitrogens with zero attached hydrogens (tertiary/aromatic N) is 2. The van der Waals surface area contributed by atoms with Crippen LogP contribution in [0.2, 0.25) is 0 Å². The van der Waals surface area contributed by atoms with Crippen molar-refractivity contribution in [1.29, 1.82) is 0 Å². The van der Waals surface area contributed by atoms with Gasteiger partial charge >= 0.3 is 5.97 Å². The Morgan fingerprint density at radius 3 is 2.18 bits per heavy atom. The Hall–Kier alpha value is -1.55. The van der Waals surface area contributed by atoms with Crippen LogP contribution in [0.5, 0.6) is 0 Å². The Morgan fingerprint density at radius 2 is 1.68 bits per heavy atom. The predicted molar refractivity (Wildman–Crippen MR) is 90.4 cm³/mol. The van der Waals surface area contributed by atoms with E-state index in [4.69, 9.17) is 4.74 Å². The molecule has 0 bridgehead atoms. The number of carbonyl (C=O) groups is 1. The van der Waals surface area contributed by atoms with Gasteiger partial charge in [-0.3, -0.25) is 9.69 Å². The molecule has 2 rings (SSSR count). The van der Waals surface area contributed by atoms with Crippen LogP contribution in [-0.4, -0.2) is 50.7 Å². The van der Waals surface area contributed by atoms with Gasteiger partial charge in [0.15, 0.2) is 0 Å². The fourth-order valence-corrected chi connectivity index (χ4v) is 2.75. The van der Waals surface area contributed by atoms with E-state index in [1.165, 1.54) is 18.4 Å². The SMILES string of the molecule is COC(=O)CCN1CCN(c2ccc(C(C)(C)C)cc2)CC1. The Labute approximate surface area is 134 Å². The van der Waals surface area contributed by atoms with Gasteiger partial charge in [-0.1, -0.05) is 32.9 Å². The van der Waals surface area contributed by atoms with Gasteiger partial charge in [0.1, 0.15) is 0 Å². The first-order valence-corrected chi connectivity index (χ1v) is 8.05. The van der Waals surface area contributed by atoms with Gasteiger partial charge in [0, 0.05) is 38.4 Å². The van der Waals surface area contributed by atoms with Gasteiger partial charge in [-0.2, -0.15) is 0 Å². The third kappa shape index (κ3) is 4.47. The van der Waals surface area contributed by atoms with Crippen LogP contribution >= 0.6 is 0 Å². The van der Waals surface area contributed by atoms with Gasteiger partial charge in [-0.05, 0) is 23.1 Å². The molecule has 1 heterocycles. The Kier molecular flexibility index (Phi) is 5.46. The largest absolute Gasteiger partial charge is 0.469 e. The molecule has 1 aromatic carbocycles. The highest BCUT2D eigenvalue weighted by Gasteiger charge is 2.19. The molecule has 122 valence electrons. The lowest BCUT2D eigenvalue weighted by atomic mass is 9.87. The maximum Gasteiger partial charge on any atom is 0.306 e. The molecule has 22 heavy (non-hydrogen) atoms. The number of methoxy groups -OCH3 is 1. The lowest BCUT2D eigenvalue weighted by Crippen LogP contribution is -2.47. The predicted octanol–water partition coefficient (Wildman–Crippen LogP) is 2.67. The first kappa shape index (κ1) is 16.8. The van der Waals surface area contributed by atoms with E-state index >= 15 is 0 Å². The molecule has 1 aliphatic heterocycles. The first-order chi connectivity index (χ1) is 10.4. The van der Waals surface area contributed by atoms with Crippen LogP contribution in [0.4, 0.5) is 5.69 Å². The van der Waals surface area contributed by atoms with Crippen molar-refractivity contribution in [3.8, 4) is 0 Å². The summed E-state index contributed by atoms with van der Waals surface area (Å²) in [6.07, 6.45) is 0.483. The van der Waals surface area contributed by atoms with E-state index in [1.54, 1.807) is 0 Å². The van der Waals surface area contributed by atoms with Crippen LogP contribution < -0.4 is 4.90 Å². The van der Waals surface area contributed by atoms with E-state index in [1.807, 2.05) is 0 Å². The van der Waals surface area contributed by atoms with Gasteiger partial charge < -0.3 is 9.64 Å². The van der Waals surface area contributed by atoms with Crippen molar-refractivity contribution in [2.45, 2.75) is 32.6 Å². The molecule has 0 radical (unpaired) electrons. The van der Waals surface area contributed by atoms with Gasteiger partial charge in [-0.25, -0.2) is 0 Å². The topological polar surface area (TPSA) is 32.8 Å². The summed E-state index contributed by atoms with van der Waals surface area (Å²) in [5.41, 5.74) is 2.86. The zero-order valence-corrected chi connectivity index (χ0v) is 14.3. The second-order valence-corrected chi connectivity index (χ2v) is 6.95. The lowest BCUT2D eigenvalue weighted by Gasteiger charge is -2.36. The molecule has 1 fully saturated rings. The summed E-state index contributed by atoms with van der Waals surface area (Å²) in [6, 6.07) is 8.92. The standard InChI is InChI=1S/C18H28N2O2/c1-18(2,3)15-5-7-16(8-6-15)20-13-11-19(12-14-20)10-9-17(21)22-4/h5-8H,9-14H2,1-4H3. The van der Waals surface area contributed by atoms with Crippen LogP contribution in [0.25, 0.3) is 0 Å². The summed E-state index contributed by atoms with van der Waals surface area (Å²) < 4.78 is 4.69. The second-order valence-electron chi connectivity index (χ2n) is 6.95. The summed E-state index contributed by atoms with van der Waals surface area (Å²) in [4.78, 5) is 15.9. The maximum atomic E-state index is 11.2. The molecule has 0 aliphatic carbocycles. The van der Waals surface area contributed by atoms with E-state index in [0.29, 0.717) is 6.42 Å². The molecule has 4 heteroatoms. The summed E-state index contributed by atoms with van der Waals surface area (Å²) in [5.74, 6) is -0.125. The van der Waals surface area contributed by atoms with Crippen LogP contribution in [0, 0.1) is 0 Å². The lowest BCUT2D eigenvalue weighted by molar-refractivity contribution is -0.141. The summed E-state index contributed by atoms with van der Waals surface area (Å²) in [5, 5.41) is 0. The molecule has 0 atom stereocenters. The third-order valence-electron chi connectivity index (χ3n) is 4.33. The highest BCUT2D eigenvalue weighted by molar-refractivity contribution is 5.69. The molecular formula is C18H28N2O2. The molecule has 1 saturated heterocycles. The van der Waals surface area contributed by atoms with Crippen molar-refractivity contribution >= 4 is 11.7 Å². The van der Waals surface area contributed by atoms with Crippen LogP contribution in [0.3, 0.4) is 0 Å². The van der Waals surface area contributed by atoms with Crippen LogP contribution in [0.1, 0.15) is 32.8 Å². The fraction of sp³-hybridized carbons (Fsp3) is 0.611. The Morgan fingerprint density at radius 1 is 1.09 bits per heavy atom. The minimum absolute atomic E-state index is 0.125. The van der Waals surface area contributed by atoms with Crippen molar-refractivity contribution in [2.24, 2.45) is 0 Å². The van der Waals surface area contributed by atoms with E-state index in [2.05, 4.69) is 54.8 Å². The molecular weight excluding hydrogens is 276 g/mol. The van der Waals surface area contributed by atoms with Crippen molar-refractivity contribution < 1.29 is 9.53 Å². The number of piperazine rings is 1. The Bertz CT molecular complexity index is 483. The number of hydrogen-bond donors (Lipinski definition) is 0. The summed E-state index contributed by atoms with van der Waals surface area (Å²) >= 11 is 0.